The molecule has 0 bridgehead atoms. The first-order valence-corrected chi connectivity index (χ1v) is 7.75. The van der Waals surface area contributed by atoms with Crippen molar-refractivity contribution >= 4 is 17.5 Å². The molecule has 4 nitrogen and oxygen atoms in total. The van der Waals surface area contributed by atoms with Crippen molar-refractivity contribution in [3.63, 3.8) is 0 Å². The van der Waals surface area contributed by atoms with Gasteiger partial charge in [0, 0.05) is 17.3 Å². The molecule has 1 saturated carbocycles. The number of rotatable bonds is 3. The Bertz CT molecular complexity index is 496. The first-order valence-electron chi connectivity index (χ1n) is 7.75. The van der Waals surface area contributed by atoms with Gasteiger partial charge < -0.3 is 10.6 Å². The van der Waals surface area contributed by atoms with Gasteiger partial charge in [0.1, 0.15) is 0 Å². The van der Waals surface area contributed by atoms with E-state index in [0.717, 1.165) is 6.42 Å². The predicted molar refractivity (Wildman–Crippen MR) is 84.6 cm³/mol. The summed E-state index contributed by atoms with van der Waals surface area (Å²) in [6.45, 7) is 3.74. The van der Waals surface area contributed by atoms with Gasteiger partial charge in [-0.3, -0.25) is 4.79 Å². The molecule has 2 amide bonds. The lowest BCUT2D eigenvalue weighted by Crippen LogP contribution is -2.41. The highest BCUT2D eigenvalue weighted by Gasteiger charge is 2.21. The minimum absolute atomic E-state index is 0.0262. The average molecular weight is 288 g/mol. The summed E-state index contributed by atoms with van der Waals surface area (Å²) in [5.41, 5.74) is 1.36. The Morgan fingerprint density at radius 1 is 1.05 bits per heavy atom. The third-order valence-electron chi connectivity index (χ3n) is 4.23. The summed E-state index contributed by atoms with van der Waals surface area (Å²) in [6, 6.07) is 7.06. The number of ketones is 1. The van der Waals surface area contributed by atoms with Gasteiger partial charge in [0.15, 0.2) is 5.78 Å². The van der Waals surface area contributed by atoms with Gasteiger partial charge >= 0.3 is 6.03 Å². The van der Waals surface area contributed by atoms with Crippen LogP contribution in [0.4, 0.5) is 10.5 Å². The zero-order chi connectivity index (χ0) is 15.2. The molecule has 0 aromatic heterocycles. The summed E-state index contributed by atoms with van der Waals surface area (Å²) in [5.74, 6) is 0.552. The first-order chi connectivity index (χ1) is 10.1. The number of hydrogen-bond donors (Lipinski definition) is 2. The maximum Gasteiger partial charge on any atom is 0.319 e. The second-order valence-corrected chi connectivity index (χ2v) is 5.95. The molecule has 21 heavy (non-hydrogen) atoms. The van der Waals surface area contributed by atoms with Gasteiger partial charge in [0.2, 0.25) is 0 Å². The van der Waals surface area contributed by atoms with Gasteiger partial charge in [-0.25, -0.2) is 4.79 Å². The lowest BCUT2D eigenvalue weighted by Gasteiger charge is -2.23. The molecule has 0 spiro atoms. The van der Waals surface area contributed by atoms with E-state index in [1.165, 1.54) is 32.6 Å². The Morgan fingerprint density at radius 3 is 2.38 bits per heavy atom. The smallest absolute Gasteiger partial charge is 0.319 e. The van der Waals surface area contributed by atoms with Crippen molar-refractivity contribution in [2.75, 3.05) is 5.32 Å². The minimum Gasteiger partial charge on any atom is -0.335 e. The van der Waals surface area contributed by atoms with E-state index in [1.54, 1.807) is 24.3 Å². The third-order valence-corrected chi connectivity index (χ3v) is 4.23. The highest BCUT2D eigenvalue weighted by atomic mass is 16.2. The molecular formula is C17H24N2O2. The molecule has 1 aromatic rings. The van der Waals surface area contributed by atoms with Gasteiger partial charge in [-0.05, 0) is 49.9 Å². The Balaban J connectivity index is 1.90. The molecule has 0 radical (unpaired) electrons. The number of hydrogen-bond acceptors (Lipinski definition) is 2. The normalized spacial score (nSPS) is 22.2. The van der Waals surface area contributed by atoms with Crippen LogP contribution in [0.3, 0.4) is 0 Å². The molecular weight excluding hydrogens is 264 g/mol. The number of Topliss-reactive ketones (excluding diaryl/α,β-unsaturated/α-hetero) is 1. The highest BCUT2D eigenvalue weighted by Crippen LogP contribution is 2.23. The van der Waals surface area contributed by atoms with Crippen LogP contribution in [0.2, 0.25) is 0 Å². The predicted octanol–water partition coefficient (Wildman–Crippen LogP) is 3.98. The van der Waals surface area contributed by atoms with Gasteiger partial charge in [-0.15, -0.1) is 0 Å². The maximum absolute atomic E-state index is 12.1. The molecule has 2 atom stereocenters. The van der Waals surface area contributed by atoms with Crippen molar-refractivity contribution in [1.82, 2.24) is 5.32 Å². The van der Waals surface area contributed by atoms with Crippen LogP contribution in [0.15, 0.2) is 24.3 Å². The second-order valence-electron chi connectivity index (χ2n) is 5.95. The third kappa shape index (κ3) is 4.59. The topological polar surface area (TPSA) is 58.2 Å². The largest absolute Gasteiger partial charge is 0.335 e. The van der Waals surface area contributed by atoms with Crippen LogP contribution in [-0.4, -0.2) is 17.9 Å². The fourth-order valence-corrected chi connectivity index (χ4v) is 2.83. The second kappa shape index (κ2) is 7.25. The molecule has 1 fully saturated rings. The van der Waals surface area contributed by atoms with Crippen LogP contribution in [0.25, 0.3) is 0 Å². The summed E-state index contributed by atoms with van der Waals surface area (Å²) in [6.07, 6.45) is 5.93. The average Bonchev–Trinajstić information content (AvgIpc) is 2.65. The van der Waals surface area contributed by atoms with Crippen molar-refractivity contribution in [2.45, 2.75) is 52.0 Å². The fourth-order valence-electron chi connectivity index (χ4n) is 2.83. The van der Waals surface area contributed by atoms with Gasteiger partial charge in [0.25, 0.3) is 0 Å². The lowest BCUT2D eigenvalue weighted by atomic mass is 9.97. The molecule has 2 rings (SSSR count). The summed E-state index contributed by atoms with van der Waals surface area (Å²) in [4.78, 5) is 23.3. The summed E-state index contributed by atoms with van der Waals surface area (Å²) in [7, 11) is 0. The van der Waals surface area contributed by atoms with Gasteiger partial charge in [0.05, 0.1) is 0 Å². The molecule has 1 aliphatic rings. The molecule has 2 N–H and O–H groups in total. The van der Waals surface area contributed by atoms with Crippen LogP contribution in [-0.2, 0) is 0 Å². The quantitative estimate of drug-likeness (QED) is 0.653. The van der Waals surface area contributed by atoms with E-state index in [9.17, 15) is 9.59 Å². The molecule has 0 saturated heterocycles. The standard InChI is InChI=1S/C17H24N2O2/c1-12-6-4-3-5-7-16(12)19-17(21)18-15-10-8-14(9-11-15)13(2)20/h8-12,16H,3-7H2,1-2H3,(H2,18,19,21). The van der Waals surface area contributed by atoms with Crippen LogP contribution < -0.4 is 10.6 Å². The first kappa shape index (κ1) is 15.5. The zero-order valence-electron chi connectivity index (χ0n) is 12.8. The number of carbonyl (C=O) groups is 2. The van der Waals surface area contributed by atoms with Crippen molar-refractivity contribution in [3.8, 4) is 0 Å². The van der Waals surface area contributed by atoms with Crippen LogP contribution in [0.1, 0.15) is 56.3 Å². The van der Waals surface area contributed by atoms with Gasteiger partial charge in [-0.1, -0.05) is 26.2 Å². The van der Waals surface area contributed by atoms with Crippen LogP contribution >= 0.6 is 0 Å². The number of benzene rings is 1. The SMILES string of the molecule is CC(=O)c1ccc(NC(=O)NC2CCCCCC2C)cc1. The summed E-state index contributed by atoms with van der Waals surface area (Å²) >= 11 is 0. The monoisotopic (exact) mass is 288 g/mol. The number of carbonyl (C=O) groups excluding carboxylic acids is 2. The van der Waals surface area contributed by atoms with Crippen LogP contribution in [0.5, 0.6) is 0 Å². The van der Waals surface area contributed by atoms with Crippen molar-refractivity contribution < 1.29 is 9.59 Å². The highest BCUT2D eigenvalue weighted by molar-refractivity contribution is 5.95. The van der Waals surface area contributed by atoms with E-state index in [0.29, 0.717) is 17.2 Å². The van der Waals surface area contributed by atoms with E-state index in [2.05, 4.69) is 17.6 Å². The number of amides is 2. The maximum atomic E-state index is 12.1. The molecule has 0 aliphatic heterocycles. The number of urea groups is 1. The van der Waals surface area contributed by atoms with E-state index < -0.39 is 0 Å². The molecule has 1 aromatic carbocycles. The minimum atomic E-state index is -0.163. The molecule has 114 valence electrons. The Labute approximate surface area is 126 Å². The Hall–Kier alpha value is -1.84. The van der Waals surface area contributed by atoms with Crippen molar-refractivity contribution in [3.05, 3.63) is 29.8 Å². The Kier molecular flexibility index (Phi) is 5.37. The van der Waals surface area contributed by atoms with E-state index in [-0.39, 0.29) is 17.9 Å². The number of nitrogens with one attached hydrogen (secondary N) is 2. The van der Waals surface area contributed by atoms with E-state index >= 15 is 0 Å². The molecule has 0 heterocycles. The molecule has 1 aliphatic carbocycles. The number of anilines is 1. The molecule has 4 heteroatoms. The summed E-state index contributed by atoms with van der Waals surface area (Å²) in [5, 5.41) is 5.91. The fraction of sp³-hybridized carbons (Fsp3) is 0.529. The van der Waals surface area contributed by atoms with Crippen molar-refractivity contribution in [1.29, 1.82) is 0 Å². The van der Waals surface area contributed by atoms with Gasteiger partial charge in [-0.2, -0.15) is 0 Å². The Morgan fingerprint density at radius 2 is 1.71 bits per heavy atom. The van der Waals surface area contributed by atoms with Crippen LogP contribution in [0, 0.1) is 5.92 Å². The van der Waals surface area contributed by atoms with E-state index in [1.807, 2.05) is 0 Å². The summed E-state index contributed by atoms with van der Waals surface area (Å²) < 4.78 is 0. The lowest BCUT2D eigenvalue weighted by molar-refractivity contribution is 0.101. The van der Waals surface area contributed by atoms with Crippen molar-refractivity contribution in [2.24, 2.45) is 5.92 Å². The molecule has 2 unspecified atom stereocenters. The zero-order valence-corrected chi connectivity index (χ0v) is 12.8. The van der Waals surface area contributed by atoms with E-state index in [4.69, 9.17) is 0 Å².